The van der Waals surface area contributed by atoms with Crippen LogP contribution in [0.25, 0.3) is 11.4 Å². The lowest BCUT2D eigenvalue weighted by Crippen LogP contribution is -2.39. The van der Waals surface area contributed by atoms with Crippen LogP contribution in [0.4, 0.5) is 5.82 Å². The average Bonchev–Trinajstić information content (AvgIpc) is 3.37. The molecule has 0 unspecified atom stereocenters. The molecular weight excluding hydrogens is 320 g/mol. The smallest absolute Gasteiger partial charge is 0.241 e. The molecule has 0 bridgehead atoms. The largest absolute Gasteiger partial charge is 0.472 e. The van der Waals surface area contributed by atoms with Gasteiger partial charge in [-0.25, -0.2) is 0 Å². The first-order valence-electron chi connectivity index (χ1n) is 8.37. The molecule has 0 spiro atoms. The van der Waals surface area contributed by atoms with Crippen LogP contribution in [0.3, 0.4) is 0 Å². The van der Waals surface area contributed by atoms with Gasteiger partial charge in [-0.1, -0.05) is 5.16 Å². The molecular formula is C17H20N6O2. The van der Waals surface area contributed by atoms with Gasteiger partial charge in [-0.2, -0.15) is 10.1 Å². The molecule has 1 aliphatic heterocycles. The highest BCUT2D eigenvalue weighted by molar-refractivity contribution is 5.51. The fourth-order valence-corrected chi connectivity index (χ4v) is 3.26. The maximum absolute atomic E-state index is 5.35. The van der Waals surface area contributed by atoms with Crippen LogP contribution in [0.15, 0.2) is 45.9 Å². The second-order valence-corrected chi connectivity index (χ2v) is 6.29. The van der Waals surface area contributed by atoms with Crippen molar-refractivity contribution in [2.75, 3.05) is 25.0 Å². The van der Waals surface area contributed by atoms with Crippen molar-refractivity contribution in [1.29, 1.82) is 0 Å². The highest BCUT2D eigenvalue weighted by atomic mass is 16.5. The number of hydrogen-bond acceptors (Lipinski definition) is 8. The van der Waals surface area contributed by atoms with Crippen molar-refractivity contribution in [2.45, 2.75) is 25.4 Å². The number of furan rings is 1. The van der Waals surface area contributed by atoms with E-state index in [1.165, 1.54) is 6.42 Å². The Morgan fingerprint density at radius 2 is 2.32 bits per heavy atom. The van der Waals surface area contributed by atoms with Gasteiger partial charge in [0.1, 0.15) is 6.26 Å². The normalized spacial score (nSPS) is 17.5. The molecule has 0 aliphatic carbocycles. The maximum Gasteiger partial charge on any atom is 0.241 e. The topological polar surface area (TPSA) is 84.3 Å². The highest BCUT2D eigenvalue weighted by Crippen LogP contribution is 2.24. The van der Waals surface area contributed by atoms with Gasteiger partial charge in [0.15, 0.2) is 5.82 Å². The van der Waals surface area contributed by atoms with Gasteiger partial charge in [0.25, 0.3) is 0 Å². The van der Waals surface area contributed by atoms with Gasteiger partial charge in [-0.3, -0.25) is 4.90 Å². The summed E-state index contributed by atoms with van der Waals surface area (Å²) in [5, 5.41) is 12.2. The lowest BCUT2D eigenvalue weighted by molar-refractivity contribution is 0.254. The number of anilines is 1. The Hall–Kier alpha value is -2.74. The predicted octanol–water partition coefficient (Wildman–Crippen LogP) is 2.22. The van der Waals surface area contributed by atoms with Crippen LogP contribution in [-0.2, 0) is 6.54 Å². The molecule has 1 saturated heterocycles. The standard InChI is InChI=1S/C17H20N6O2/c1-22(11-16-19-17(21-25-16)13-6-9-24-12-13)10-14-4-3-8-23(14)15-5-2-7-18-20-15/h2,5-7,9,12,14H,3-4,8,10-11H2,1H3/t14-/m1/s1. The fourth-order valence-electron chi connectivity index (χ4n) is 3.26. The van der Waals surface area contributed by atoms with E-state index >= 15 is 0 Å². The van der Waals surface area contributed by atoms with Crippen molar-refractivity contribution in [1.82, 2.24) is 25.2 Å². The van der Waals surface area contributed by atoms with Crippen molar-refractivity contribution in [3.8, 4) is 11.4 Å². The SMILES string of the molecule is CN(Cc1nc(-c2ccoc2)no1)C[C@H]1CCCN1c1cccnn1. The van der Waals surface area contributed by atoms with Gasteiger partial charge in [-0.15, -0.1) is 5.10 Å². The number of nitrogens with zero attached hydrogens (tertiary/aromatic N) is 6. The van der Waals surface area contributed by atoms with Crippen molar-refractivity contribution >= 4 is 5.82 Å². The van der Waals surface area contributed by atoms with Crippen LogP contribution in [0.1, 0.15) is 18.7 Å². The summed E-state index contributed by atoms with van der Waals surface area (Å²) in [7, 11) is 2.06. The molecule has 0 radical (unpaired) electrons. The molecule has 4 heterocycles. The minimum absolute atomic E-state index is 0.415. The van der Waals surface area contributed by atoms with Crippen LogP contribution in [0.2, 0.25) is 0 Å². The minimum Gasteiger partial charge on any atom is -0.472 e. The molecule has 3 aromatic rings. The molecule has 130 valence electrons. The third kappa shape index (κ3) is 3.53. The van der Waals surface area contributed by atoms with E-state index in [0.717, 1.165) is 30.9 Å². The minimum atomic E-state index is 0.415. The molecule has 4 rings (SSSR count). The Morgan fingerprint density at radius 1 is 1.36 bits per heavy atom. The first-order chi connectivity index (χ1) is 12.3. The summed E-state index contributed by atoms with van der Waals surface area (Å²) in [6.07, 6.45) is 7.22. The zero-order valence-corrected chi connectivity index (χ0v) is 14.1. The quantitative estimate of drug-likeness (QED) is 0.675. The van der Waals surface area contributed by atoms with E-state index in [-0.39, 0.29) is 0 Å². The van der Waals surface area contributed by atoms with Gasteiger partial charge in [0, 0.05) is 25.3 Å². The van der Waals surface area contributed by atoms with Crippen molar-refractivity contribution in [3.05, 3.63) is 42.8 Å². The van der Waals surface area contributed by atoms with Crippen LogP contribution in [0, 0.1) is 0 Å². The molecule has 0 N–H and O–H groups in total. The van der Waals surface area contributed by atoms with Gasteiger partial charge >= 0.3 is 0 Å². The van der Waals surface area contributed by atoms with E-state index in [9.17, 15) is 0 Å². The van der Waals surface area contributed by atoms with E-state index in [1.54, 1.807) is 18.7 Å². The molecule has 0 amide bonds. The number of rotatable bonds is 6. The van der Waals surface area contributed by atoms with Crippen LogP contribution in [-0.4, -0.2) is 51.4 Å². The molecule has 1 fully saturated rings. The Morgan fingerprint density at radius 3 is 3.12 bits per heavy atom. The average molecular weight is 340 g/mol. The van der Waals surface area contributed by atoms with Crippen LogP contribution >= 0.6 is 0 Å². The van der Waals surface area contributed by atoms with E-state index < -0.39 is 0 Å². The second-order valence-electron chi connectivity index (χ2n) is 6.29. The number of hydrogen-bond donors (Lipinski definition) is 0. The summed E-state index contributed by atoms with van der Waals surface area (Å²) in [5.74, 6) is 2.10. The third-order valence-corrected chi connectivity index (χ3v) is 4.40. The Bertz CT molecular complexity index is 789. The van der Waals surface area contributed by atoms with Gasteiger partial charge in [0.2, 0.25) is 11.7 Å². The second kappa shape index (κ2) is 7.02. The highest BCUT2D eigenvalue weighted by Gasteiger charge is 2.27. The molecule has 0 aromatic carbocycles. The molecule has 25 heavy (non-hydrogen) atoms. The first kappa shape index (κ1) is 15.8. The summed E-state index contributed by atoms with van der Waals surface area (Å²) in [4.78, 5) is 8.96. The molecule has 3 aromatic heterocycles. The van der Waals surface area contributed by atoms with Gasteiger partial charge in [0.05, 0.1) is 18.4 Å². The molecule has 0 saturated carbocycles. The zero-order valence-electron chi connectivity index (χ0n) is 14.1. The predicted molar refractivity (Wildman–Crippen MR) is 90.7 cm³/mol. The first-order valence-corrected chi connectivity index (χ1v) is 8.37. The molecule has 8 nitrogen and oxygen atoms in total. The lowest BCUT2D eigenvalue weighted by Gasteiger charge is -2.28. The number of aromatic nitrogens is 4. The molecule has 8 heteroatoms. The number of likely N-dealkylation sites (N-methyl/N-ethyl adjacent to an activating group) is 1. The van der Waals surface area contributed by atoms with E-state index in [2.05, 4.69) is 37.2 Å². The van der Waals surface area contributed by atoms with Crippen molar-refractivity contribution in [3.63, 3.8) is 0 Å². The third-order valence-electron chi connectivity index (χ3n) is 4.40. The summed E-state index contributed by atoms with van der Waals surface area (Å²) in [5.41, 5.74) is 0.822. The van der Waals surface area contributed by atoms with Crippen LogP contribution < -0.4 is 4.90 Å². The Labute approximate surface area is 145 Å². The summed E-state index contributed by atoms with van der Waals surface area (Å²) in [6.45, 7) is 2.53. The van der Waals surface area contributed by atoms with Crippen molar-refractivity contribution < 1.29 is 8.94 Å². The molecule has 1 aliphatic rings. The maximum atomic E-state index is 5.35. The lowest BCUT2D eigenvalue weighted by atomic mass is 10.2. The van der Waals surface area contributed by atoms with E-state index in [1.807, 2.05) is 18.2 Å². The summed E-state index contributed by atoms with van der Waals surface area (Å²) >= 11 is 0. The Balaban J connectivity index is 1.38. The Kier molecular flexibility index (Phi) is 4.43. The monoisotopic (exact) mass is 340 g/mol. The van der Waals surface area contributed by atoms with Gasteiger partial charge in [-0.05, 0) is 38.1 Å². The van der Waals surface area contributed by atoms with E-state index in [0.29, 0.717) is 24.3 Å². The van der Waals surface area contributed by atoms with Crippen LogP contribution in [0.5, 0.6) is 0 Å². The zero-order chi connectivity index (χ0) is 17.1. The van der Waals surface area contributed by atoms with Crippen molar-refractivity contribution in [2.24, 2.45) is 0 Å². The summed E-state index contributed by atoms with van der Waals surface area (Å²) < 4.78 is 10.4. The fraction of sp³-hybridized carbons (Fsp3) is 0.412. The summed E-state index contributed by atoms with van der Waals surface area (Å²) in [6, 6.07) is 6.17. The van der Waals surface area contributed by atoms with Gasteiger partial charge < -0.3 is 13.8 Å². The van der Waals surface area contributed by atoms with E-state index in [4.69, 9.17) is 8.94 Å². The molecule has 1 atom stereocenters.